The third-order valence-corrected chi connectivity index (χ3v) is 4.70. The molecule has 1 aromatic heterocycles. The summed E-state index contributed by atoms with van der Waals surface area (Å²) in [5.74, 6) is -6.47. The van der Waals surface area contributed by atoms with Crippen LogP contribution >= 0.6 is 0 Å². The molecule has 0 aromatic carbocycles. The Bertz CT molecular complexity index is 919. The molecule has 1 heterocycles. The number of rotatable bonds is 15. The quantitative estimate of drug-likeness (QED) is 0.123. The first-order chi connectivity index (χ1) is 16.3. The van der Waals surface area contributed by atoms with Gasteiger partial charge in [-0.2, -0.15) is 0 Å². The second-order valence-electron chi connectivity index (χ2n) is 8.31. The van der Waals surface area contributed by atoms with Crippen LogP contribution in [0, 0.1) is 5.92 Å². The predicted octanol–water partition coefficient (Wildman–Crippen LogP) is -2.79. The number of hydrogen-bond donors (Lipinski definition) is 8. The average molecular weight is 498 g/mol. The van der Waals surface area contributed by atoms with Crippen LogP contribution in [0.25, 0.3) is 0 Å². The zero-order valence-corrected chi connectivity index (χ0v) is 19.3. The molecule has 0 spiro atoms. The van der Waals surface area contributed by atoms with Crippen LogP contribution < -0.4 is 27.4 Å². The second-order valence-corrected chi connectivity index (χ2v) is 8.31. The van der Waals surface area contributed by atoms with Crippen LogP contribution in [0.3, 0.4) is 0 Å². The molecule has 0 aliphatic rings. The molecule has 1 aromatic rings. The molecule has 35 heavy (non-hydrogen) atoms. The zero-order chi connectivity index (χ0) is 26.7. The van der Waals surface area contributed by atoms with Gasteiger partial charge in [-0.3, -0.25) is 24.0 Å². The number of H-pyrrole nitrogens is 1. The number of aliphatic carboxylic acids is 2. The van der Waals surface area contributed by atoms with E-state index in [4.69, 9.17) is 16.6 Å². The molecular formula is C20H31N7O8. The molecule has 0 aliphatic carbocycles. The molecule has 4 atom stereocenters. The van der Waals surface area contributed by atoms with Crippen LogP contribution in [0.15, 0.2) is 12.5 Å². The van der Waals surface area contributed by atoms with Crippen molar-refractivity contribution in [3.05, 3.63) is 18.2 Å². The molecule has 4 amide bonds. The highest BCUT2D eigenvalue weighted by molar-refractivity contribution is 5.96. The number of nitrogens with one attached hydrogen (secondary N) is 4. The standard InChI is InChI=1S/C20H31N7O8/c1-9(2)3-14(20(34)35)27-18(32)12(4-10-7-23-8-24-10)26-19(33)13(6-15(22)28)25-17(31)11(21)5-16(29)30/h7-9,11-14H,3-6,21H2,1-2H3,(H2,22,28)(H,23,24)(H,25,31)(H,26,33)(H,27,32)(H,29,30)(H,34,35). The lowest BCUT2D eigenvalue weighted by Gasteiger charge is -2.25. The van der Waals surface area contributed by atoms with Crippen molar-refractivity contribution >= 4 is 35.6 Å². The molecule has 0 saturated carbocycles. The number of imidazole rings is 1. The van der Waals surface area contributed by atoms with E-state index in [-0.39, 0.29) is 18.8 Å². The maximum absolute atomic E-state index is 12.9. The molecule has 4 unspecified atom stereocenters. The Labute approximate surface area is 200 Å². The molecule has 15 heteroatoms. The van der Waals surface area contributed by atoms with Gasteiger partial charge in [-0.25, -0.2) is 9.78 Å². The van der Waals surface area contributed by atoms with Crippen molar-refractivity contribution in [1.29, 1.82) is 0 Å². The van der Waals surface area contributed by atoms with Gasteiger partial charge in [0.25, 0.3) is 0 Å². The van der Waals surface area contributed by atoms with E-state index in [1.807, 2.05) is 0 Å². The Morgan fingerprint density at radius 2 is 1.51 bits per heavy atom. The molecule has 0 fully saturated rings. The van der Waals surface area contributed by atoms with E-state index in [1.165, 1.54) is 12.5 Å². The Balaban J connectivity index is 3.08. The van der Waals surface area contributed by atoms with Crippen molar-refractivity contribution in [3.8, 4) is 0 Å². The number of nitrogens with two attached hydrogens (primary N) is 2. The molecular weight excluding hydrogens is 466 g/mol. The number of aromatic nitrogens is 2. The van der Waals surface area contributed by atoms with Gasteiger partial charge in [0.2, 0.25) is 23.6 Å². The normalized spacial score (nSPS) is 14.3. The molecule has 0 radical (unpaired) electrons. The van der Waals surface area contributed by atoms with Gasteiger partial charge in [-0.15, -0.1) is 0 Å². The van der Waals surface area contributed by atoms with Crippen LogP contribution in [0.2, 0.25) is 0 Å². The number of primary amides is 1. The smallest absolute Gasteiger partial charge is 0.326 e. The van der Waals surface area contributed by atoms with E-state index in [1.54, 1.807) is 13.8 Å². The highest BCUT2D eigenvalue weighted by atomic mass is 16.4. The largest absolute Gasteiger partial charge is 0.481 e. The minimum absolute atomic E-state index is 0.0535. The number of carbonyl (C=O) groups excluding carboxylic acids is 4. The third-order valence-electron chi connectivity index (χ3n) is 4.70. The van der Waals surface area contributed by atoms with E-state index in [9.17, 15) is 33.9 Å². The van der Waals surface area contributed by atoms with Gasteiger partial charge in [0.1, 0.15) is 18.1 Å². The molecule has 0 bridgehead atoms. The first kappa shape index (κ1) is 29.0. The number of nitrogens with zero attached hydrogens (tertiary/aromatic N) is 1. The molecule has 0 saturated heterocycles. The predicted molar refractivity (Wildman–Crippen MR) is 119 cm³/mol. The van der Waals surface area contributed by atoms with Crippen molar-refractivity contribution in [1.82, 2.24) is 25.9 Å². The van der Waals surface area contributed by atoms with Gasteiger partial charge >= 0.3 is 11.9 Å². The van der Waals surface area contributed by atoms with Crippen molar-refractivity contribution in [2.75, 3.05) is 0 Å². The number of carbonyl (C=O) groups is 6. The summed E-state index contributed by atoms with van der Waals surface area (Å²) in [6, 6.07) is -5.62. The van der Waals surface area contributed by atoms with Gasteiger partial charge in [-0.05, 0) is 12.3 Å². The topological polar surface area (TPSA) is 260 Å². The number of aromatic amines is 1. The first-order valence-electron chi connectivity index (χ1n) is 10.7. The highest BCUT2D eigenvalue weighted by Gasteiger charge is 2.32. The van der Waals surface area contributed by atoms with Crippen LogP contribution in [0.1, 0.15) is 38.8 Å². The van der Waals surface area contributed by atoms with Crippen molar-refractivity contribution in [3.63, 3.8) is 0 Å². The summed E-state index contributed by atoms with van der Waals surface area (Å²) in [6.45, 7) is 3.55. The summed E-state index contributed by atoms with van der Waals surface area (Å²) < 4.78 is 0. The summed E-state index contributed by atoms with van der Waals surface area (Å²) in [7, 11) is 0. The number of carboxylic acid groups (broad SMARTS) is 2. The van der Waals surface area contributed by atoms with E-state index in [2.05, 4.69) is 25.9 Å². The van der Waals surface area contributed by atoms with Gasteiger partial charge in [-0.1, -0.05) is 13.8 Å². The van der Waals surface area contributed by atoms with Crippen LogP contribution in [-0.4, -0.2) is 79.9 Å². The lowest BCUT2D eigenvalue weighted by molar-refractivity contribution is -0.143. The van der Waals surface area contributed by atoms with E-state index < -0.39 is 72.6 Å². The summed E-state index contributed by atoms with van der Waals surface area (Å²) in [6.07, 6.45) is 1.34. The molecule has 10 N–H and O–H groups in total. The van der Waals surface area contributed by atoms with Gasteiger partial charge in [0.15, 0.2) is 0 Å². The fourth-order valence-electron chi connectivity index (χ4n) is 3.03. The molecule has 0 aliphatic heterocycles. The maximum atomic E-state index is 12.9. The SMILES string of the molecule is CC(C)CC(NC(=O)C(Cc1cnc[nH]1)NC(=O)C(CC(N)=O)NC(=O)C(N)CC(=O)O)C(=O)O. The van der Waals surface area contributed by atoms with E-state index >= 15 is 0 Å². The van der Waals surface area contributed by atoms with Crippen molar-refractivity contribution in [2.24, 2.45) is 17.4 Å². The highest BCUT2D eigenvalue weighted by Crippen LogP contribution is 2.07. The number of hydrogen-bond acceptors (Lipinski definition) is 8. The average Bonchev–Trinajstić information content (AvgIpc) is 3.24. The first-order valence-corrected chi connectivity index (χ1v) is 10.7. The molecule has 1 rings (SSSR count). The van der Waals surface area contributed by atoms with Gasteiger partial charge < -0.3 is 42.6 Å². The summed E-state index contributed by atoms with van der Waals surface area (Å²) in [5, 5.41) is 25.1. The lowest BCUT2D eigenvalue weighted by atomic mass is 10.0. The zero-order valence-electron chi connectivity index (χ0n) is 19.3. The van der Waals surface area contributed by atoms with Crippen LogP contribution in [0.5, 0.6) is 0 Å². The number of carboxylic acids is 2. The third kappa shape index (κ3) is 10.6. The van der Waals surface area contributed by atoms with E-state index in [0.717, 1.165) is 0 Å². The van der Waals surface area contributed by atoms with Gasteiger partial charge in [0.05, 0.1) is 25.2 Å². The Kier molecular flexibility index (Phi) is 11.3. The minimum Gasteiger partial charge on any atom is -0.481 e. The van der Waals surface area contributed by atoms with E-state index in [0.29, 0.717) is 5.69 Å². The van der Waals surface area contributed by atoms with Crippen molar-refractivity contribution in [2.45, 2.75) is 63.7 Å². The summed E-state index contributed by atoms with van der Waals surface area (Å²) >= 11 is 0. The molecule has 194 valence electrons. The van der Waals surface area contributed by atoms with Gasteiger partial charge in [0, 0.05) is 18.3 Å². The maximum Gasteiger partial charge on any atom is 0.326 e. The Morgan fingerprint density at radius 1 is 0.943 bits per heavy atom. The minimum atomic E-state index is -1.57. The summed E-state index contributed by atoms with van der Waals surface area (Å²) in [4.78, 5) is 78.3. The second kappa shape index (κ2) is 13.6. The van der Waals surface area contributed by atoms with Crippen LogP contribution in [-0.2, 0) is 35.2 Å². The monoisotopic (exact) mass is 497 g/mol. The Hall–Kier alpha value is -4.01. The summed E-state index contributed by atoms with van der Waals surface area (Å²) in [5.41, 5.74) is 11.1. The fourth-order valence-corrected chi connectivity index (χ4v) is 3.03. The fraction of sp³-hybridized carbons (Fsp3) is 0.550. The number of amides is 4. The van der Waals surface area contributed by atoms with Crippen LogP contribution in [0.4, 0.5) is 0 Å². The lowest BCUT2D eigenvalue weighted by Crippen LogP contribution is -2.58. The Morgan fingerprint density at radius 3 is 2.00 bits per heavy atom. The van der Waals surface area contributed by atoms with Crippen molar-refractivity contribution < 1.29 is 39.0 Å². The molecule has 15 nitrogen and oxygen atoms in total.